The van der Waals surface area contributed by atoms with Gasteiger partial charge in [-0.1, -0.05) is 13.3 Å². The molecule has 0 aliphatic carbocycles. The van der Waals surface area contributed by atoms with Crippen molar-refractivity contribution in [3.8, 4) is 0 Å². The average Bonchev–Trinajstić information content (AvgIpc) is 2.73. The zero-order chi connectivity index (χ0) is 14.3. The van der Waals surface area contributed by atoms with Gasteiger partial charge in [-0.15, -0.1) is 0 Å². The molecule has 0 spiro atoms. The quantitative estimate of drug-likeness (QED) is 0.705. The van der Waals surface area contributed by atoms with E-state index in [-0.39, 0.29) is 6.54 Å². The zero-order valence-electron chi connectivity index (χ0n) is 10.6. The van der Waals surface area contributed by atoms with Crippen LogP contribution in [-0.4, -0.2) is 40.0 Å². The molecule has 0 saturated heterocycles. The topological polar surface area (TPSA) is 79.2 Å². The lowest BCUT2D eigenvalue weighted by Gasteiger charge is -2.10. The van der Waals surface area contributed by atoms with E-state index in [1.54, 1.807) is 0 Å². The molecular formula is C11H18F2N4O2. The summed E-state index contributed by atoms with van der Waals surface area (Å²) in [4.78, 5) is 11.4. The molecule has 0 saturated carbocycles. The molecule has 0 radical (unpaired) electrons. The lowest BCUT2D eigenvalue weighted by Crippen LogP contribution is -2.35. The summed E-state index contributed by atoms with van der Waals surface area (Å²) < 4.78 is 25.2. The maximum atomic E-state index is 12.1. The third-order valence-electron chi connectivity index (χ3n) is 2.34. The van der Waals surface area contributed by atoms with Gasteiger partial charge in [0.25, 0.3) is 6.43 Å². The summed E-state index contributed by atoms with van der Waals surface area (Å²) in [5.41, 5.74) is 0.322. The van der Waals surface area contributed by atoms with E-state index in [0.717, 1.165) is 11.1 Å². The molecule has 1 unspecified atom stereocenters. The summed E-state index contributed by atoms with van der Waals surface area (Å²) in [6.45, 7) is 1.56. The number of amides is 2. The van der Waals surface area contributed by atoms with Crippen molar-refractivity contribution in [2.75, 3.05) is 11.9 Å². The summed E-state index contributed by atoms with van der Waals surface area (Å²) in [5.74, 6) is 0. The molecule has 108 valence electrons. The molecule has 6 nitrogen and oxygen atoms in total. The molecule has 0 fully saturated rings. The van der Waals surface area contributed by atoms with Crippen LogP contribution in [0, 0.1) is 0 Å². The van der Waals surface area contributed by atoms with Gasteiger partial charge in [0.1, 0.15) is 6.54 Å². The standard InChI is InChI=1S/C11H18F2N4O2/c1-2-3-9(18)5-14-11(19)16-8-4-15-17(6-8)7-10(12)13/h4,6,9-10,18H,2-3,5,7H2,1H3,(H2,14,16,19). The van der Waals surface area contributed by atoms with Crippen molar-refractivity contribution in [1.29, 1.82) is 0 Å². The number of carbonyl (C=O) groups excluding carboxylic acids is 1. The number of aromatic nitrogens is 2. The van der Waals surface area contributed by atoms with Gasteiger partial charge < -0.3 is 15.7 Å². The summed E-state index contributed by atoms with van der Waals surface area (Å²) in [6, 6.07) is -0.508. The number of aliphatic hydroxyl groups is 1. The molecular weight excluding hydrogens is 258 g/mol. The summed E-state index contributed by atoms with van der Waals surface area (Å²) >= 11 is 0. The Labute approximate surface area is 109 Å². The zero-order valence-corrected chi connectivity index (χ0v) is 10.6. The van der Waals surface area contributed by atoms with Crippen molar-refractivity contribution in [2.45, 2.75) is 38.8 Å². The third kappa shape index (κ3) is 6.14. The van der Waals surface area contributed by atoms with Crippen LogP contribution >= 0.6 is 0 Å². The number of halogens is 2. The van der Waals surface area contributed by atoms with E-state index in [4.69, 9.17) is 0 Å². The molecule has 0 bridgehead atoms. The monoisotopic (exact) mass is 276 g/mol. The van der Waals surface area contributed by atoms with Gasteiger partial charge in [0.2, 0.25) is 0 Å². The first kappa shape index (κ1) is 15.4. The van der Waals surface area contributed by atoms with Crippen molar-refractivity contribution in [3.63, 3.8) is 0 Å². The second-order valence-electron chi connectivity index (χ2n) is 4.12. The Morgan fingerprint density at radius 1 is 1.58 bits per heavy atom. The normalized spacial score (nSPS) is 12.5. The number of nitrogens with one attached hydrogen (secondary N) is 2. The Hall–Kier alpha value is -1.70. The van der Waals surface area contributed by atoms with Crippen LogP contribution in [0.4, 0.5) is 19.3 Å². The van der Waals surface area contributed by atoms with Gasteiger partial charge in [-0.05, 0) is 6.42 Å². The molecule has 1 aromatic heterocycles. The highest BCUT2D eigenvalue weighted by molar-refractivity contribution is 5.88. The van der Waals surface area contributed by atoms with Gasteiger partial charge in [-0.25, -0.2) is 13.6 Å². The highest BCUT2D eigenvalue weighted by atomic mass is 19.3. The first-order valence-electron chi connectivity index (χ1n) is 6.04. The van der Waals surface area contributed by atoms with E-state index in [2.05, 4.69) is 15.7 Å². The SMILES string of the molecule is CCCC(O)CNC(=O)Nc1cnn(CC(F)F)c1. The van der Waals surface area contributed by atoms with Crippen LogP contribution in [0.3, 0.4) is 0 Å². The lowest BCUT2D eigenvalue weighted by atomic mass is 10.2. The van der Waals surface area contributed by atoms with Crippen LogP contribution in [0.15, 0.2) is 12.4 Å². The van der Waals surface area contributed by atoms with Gasteiger partial charge in [-0.3, -0.25) is 4.68 Å². The third-order valence-corrected chi connectivity index (χ3v) is 2.34. The number of hydrogen-bond acceptors (Lipinski definition) is 3. The molecule has 2 amide bonds. The molecule has 1 aromatic rings. The Morgan fingerprint density at radius 2 is 2.32 bits per heavy atom. The highest BCUT2D eigenvalue weighted by Crippen LogP contribution is 2.06. The minimum atomic E-state index is -2.49. The van der Waals surface area contributed by atoms with Gasteiger partial charge in [0, 0.05) is 12.7 Å². The average molecular weight is 276 g/mol. The molecule has 19 heavy (non-hydrogen) atoms. The van der Waals surface area contributed by atoms with Crippen LogP contribution in [-0.2, 0) is 6.54 Å². The number of alkyl halides is 2. The first-order chi connectivity index (χ1) is 9.01. The number of rotatable bonds is 7. The smallest absolute Gasteiger partial charge is 0.319 e. The number of hydrogen-bond donors (Lipinski definition) is 3. The minimum Gasteiger partial charge on any atom is -0.391 e. The summed E-state index contributed by atoms with van der Waals surface area (Å²) in [5, 5.41) is 18.0. The van der Waals surface area contributed by atoms with Crippen LogP contribution < -0.4 is 10.6 Å². The van der Waals surface area contributed by atoms with E-state index in [0.29, 0.717) is 12.1 Å². The van der Waals surface area contributed by atoms with Gasteiger partial charge in [-0.2, -0.15) is 5.10 Å². The Morgan fingerprint density at radius 3 is 2.95 bits per heavy atom. The molecule has 8 heteroatoms. The van der Waals surface area contributed by atoms with Gasteiger partial charge in [0.15, 0.2) is 0 Å². The molecule has 3 N–H and O–H groups in total. The summed E-state index contributed by atoms with van der Waals surface area (Å²) in [7, 11) is 0. The largest absolute Gasteiger partial charge is 0.391 e. The van der Waals surface area contributed by atoms with Crippen LogP contribution in [0.25, 0.3) is 0 Å². The van der Waals surface area contributed by atoms with Crippen LogP contribution in [0.1, 0.15) is 19.8 Å². The molecule has 1 heterocycles. The number of anilines is 1. The van der Waals surface area contributed by atoms with Gasteiger partial charge in [0.05, 0.1) is 18.0 Å². The maximum Gasteiger partial charge on any atom is 0.319 e. The molecule has 0 aliphatic rings. The molecule has 1 rings (SSSR count). The molecule has 0 aromatic carbocycles. The van der Waals surface area contributed by atoms with Crippen molar-refractivity contribution in [2.24, 2.45) is 0 Å². The number of urea groups is 1. The van der Waals surface area contributed by atoms with E-state index >= 15 is 0 Å². The van der Waals surface area contributed by atoms with E-state index < -0.39 is 25.1 Å². The molecule has 1 atom stereocenters. The highest BCUT2D eigenvalue weighted by Gasteiger charge is 2.09. The van der Waals surface area contributed by atoms with E-state index in [1.165, 1.54) is 12.4 Å². The second kappa shape index (κ2) is 7.67. The number of aliphatic hydroxyl groups excluding tert-OH is 1. The Balaban J connectivity index is 2.33. The fourth-order valence-corrected chi connectivity index (χ4v) is 1.49. The Bertz CT molecular complexity index is 398. The minimum absolute atomic E-state index is 0.144. The fourth-order valence-electron chi connectivity index (χ4n) is 1.49. The second-order valence-corrected chi connectivity index (χ2v) is 4.12. The van der Waals surface area contributed by atoms with Crippen LogP contribution in [0.2, 0.25) is 0 Å². The number of nitrogens with zero attached hydrogens (tertiary/aromatic N) is 2. The predicted octanol–water partition coefficient (Wildman–Crippen LogP) is 1.43. The van der Waals surface area contributed by atoms with Crippen molar-refractivity contribution in [3.05, 3.63) is 12.4 Å². The maximum absolute atomic E-state index is 12.1. The molecule has 0 aliphatic heterocycles. The predicted molar refractivity (Wildman–Crippen MR) is 66.2 cm³/mol. The Kier molecular flexibility index (Phi) is 6.20. The fraction of sp³-hybridized carbons (Fsp3) is 0.636. The van der Waals surface area contributed by atoms with Gasteiger partial charge >= 0.3 is 6.03 Å². The van der Waals surface area contributed by atoms with Crippen molar-refractivity contribution in [1.82, 2.24) is 15.1 Å². The lowest BCUT2D eigenvalue weighted by molar-refractivity contribution is 0.122. The van der Waals surface area contributed by atoms with Crippen molar-refractivity contribution < 1.29 is 18.7 Å². The first-order valence-corrected chi connectivity index (χ1v) is 6.04. The van der Waals surface area contributed by atoms with Crippen LogP contribution in [0.5, 0.6) is 0 Å². The summed E-state index contributed by atoms with van der Waals surface area (Å²) in [6.07, 6.45) is 0.943. The van der Waals surface area contributed by atoms with Crippen molar-refractivity contribution >= 4 is 11.7 Å². The van der Waals surface area contributed by atoms with E-state index in [9.17, 15) is 18.7 Å². The number of carbonyl (C=O) groups is 1. The van der Waals surface area contributed by atoms with E-state index in [1.807, 2.05) is 6.92 Å².